The van der Waals surface area contributed by atoms with Crippen LogP contribution in [0, 0.1) is 5.92 Å². The zero-order chi connectivity index (χ0) is 22.1. The van der Waals surface area contributed by atoms with Crippen molar-refractivity contribution < 1.29 is 9.90 Å². The predicted octanol–water partition coefficient (Wildman–Crippen LogP) is 6.36. The van der Waals surface area contributed by atoms with Gasteiger partial charge in [-0.25, -0.2) is 0 Å². The lowest BCUT2D eigenvalue weighted by atomic mass is 9.94. The van der Waals surface area contributed by atoms with Crippen LogP contribution in [0.5, 0.6) is 0 Å². The second kappa shape index (κ2) is 24.7. The number of aliphatic hydroxyl groups is 1. The van der Waals surface area contributed by atoms with Gasteiger partial charge in [0.25, 0.3) is 0 Å². The summed E-state index contributed by atoms with van der Waals surface area (Å²) in [5.74, 6) is 0.892. The molecule has 0 aromatic heterocycles. The third kappa shape index (κ3) is 22.1. The Morgan fingerprint density at radius 1 is 0.700 bits per heavy atom. The van der Waals surface area contributed by atoms with Crippen LogP contribution in [0.2, 0.25) is 0 Å². The van der Waals surface area contributed by atoms with Gasteiger partial charge in [-0.1, -0.05) is 97.3 Å². The number of aliphatic hydroxyl groups excluding tert-OH is 1. The van der Waals surface area contributed by atoms with E-state index >= 15 is 0 Å². The molecular weight excluding hydrogens is 372 g/mol. The van der Waals surface area contributed by atoms with Gasteiger partial charge in [0.05, 0.1) is 6.61 Å². The molecule has 0 radical (unpaired) electrons. The minimum absolute atomic E-state index is 0.195. The lowest BCUT2D eigenvalue weighted by molar-refractivity contribution is -0.121. The van der Waals surface area contributed by atoms with E-state index in [1.54, 1.807) is 0 Å². The van der Waals surface area contributed by atoms with Gasteiger partial charge >= 0.3 is 0 Å². The average Bonchev–Trinajstić information content (AvgIpc) is 2.75. The van der Waals surface area contributed by atoms with Crippen molar-refractivity contribution in [1.82, 2.24) is 10.6 Å². The molecule has 0 rings (SSSR count). The molecule has 180 valence electrons. The topological polar surface area (TPSA) is 61.4 Å². The van der Waals surface area contributed by atoms with E-state index in [0.717, 1.165) is 32.4 Å². The third-order valence-corrected chi connectivity index (χ3v) is 6.07. The summed E-state index contributed by atoms with van der Waals surface area (Å²) >= 11 is 0. The maximum Gasteiger partial charge on any atom is 0.220 e. The minimum Gasteiger partial charge on any atom is -0.395 e. The zero-order valence-electron chi connectivity index (χ0n) is 20.5. The Morgan fingerprint density at radius 3 is 1.80 bits per heavy atom. The SMILES string of the molecule is CCCCCCCCC(CCCCCCCC)CNC(=O)CCCCCNCCO. The largest absolute Gasteiger partial charge is 0.395 e. The Morgan fingerprint density at radius 2 is 1.23 bits per heavy atom. The van der Waals surface area contributed by atoms with Gasteiger partial charge in [0.2, 0.25) is 5.91 Å². The Balaban J connectivity index is 3.94. The first-order valence-electron chi connectivity index (χ1n) is 13.3. The van der Waals surface area contributed by atoms with Crippen LogP contribution >= 0.6 is 0 Å². The first kappa shape index (κ1) is 29.4. The number of amides is 1. The van der Waals surface area contributed by atoms with Crippen LogP contribution in [0.1, 0.15) is 129 Å². The first-order chi connectivity index (χ1) is 14.7. The summed E-state index contributed by atoms with van der Waals surface area (Å²) in [6.45, 7) is 7.21. The maximum atomic E-state index is 12.2. The molecule has 4 nitrogen and oxygen atoms in total. The minimum atomic E-state index is 0.195. The van der Waals surface area contributed by atoms with Crippen molar-refractivity contribution in [2.45, 2.75) is 129 Å². The summed E-state index contributed by atoms with van der Waals surface area (Å²) in [5, 5.41) is 15.1. The lowest BCUT2D eigenvalue weighted by Gasteiger charge is -2.18. The molecule has 0 aliphatic carbocycles. The van der Waals surface area contributed by atoms with Crippen LogP contribution in [-0.4, -0.2) is 37.3 Å². The van der Waals surface area contributed by atoms with E-state index in [-0.39, 0.29) is 12.5 Å². The maximum absolute atomic E-state index is 12.2. The van der Waals surface area contributed by atoms with E-state index in [2.05, 4.69) is 24.5 Å². The number of unbranched alkanes of at least 4 members (excludes halogenated alkanes) is 12. The number of nitrogens with one attached hydrogen (secondary N) is 2. The van der Waals surface area contributed by atoms with Crippen molar-refractivity contribution in [3.63, 3.8) is 0 Å². The second-order valence-electron chi connectivity index (χ2n) is 9.07. The van der Waals surface area contributed by atoms with Gasteiger partial charge in [-0.15, -0.1) is 0 Å². The van der Waals surface area contributed by atoms with Crippen molar-refractivity contribution in [2.75, 3.05) is 26.2 Å². The highest BCUT2D eigenvalue weighted by Gasteiger charge is 2.11. The molecule has 0 spiro atoms. The molecule has 0 aromatic rings. The van der Waals surface area contributed by atoms with Crippen molar-refractivity contribution in [3.8, 4) is 0 Å². The molecule has 1 amide bonds. The Hall–Kier alpha value is -0.610. The van der Waals surface area contributed by atoms with Gasteiger partial charge in [0.15, 0.2) is 0 Å². The van der Waals surface area contributed by atoms with Gasteiger partial charge in [-0.2, -0.15) is 0 Å². The Kier molecular flexibility index (Phi) is 24.2. The summed E-state index contributed by atoms with van der Waals surface area (Å²) in [6.07, 6.45) is 22.5. The van der Waals surface area contributed by atoms with E-state index < -0.39 is 0 Å². The van der Waals surface area contributed by atoms with E-state index in [4.69, 9.17) is 5.11 Å². The fourth-order valence-corrected chi connectivity index (χ4v) is 4.04. The van der Waals surface area contributed by atoms with Crippen molar-refractivity contribution in [1.29, 1.82) is 0 Å². The highest BCUT2D eigenvalue weighted by Crippen LogP contribution is 2.19. The summed E-state index contributed by atoms with van der Waals surface area (Å²) in [6, 6.07) is 0. The van der Waals surface area contributed by atoms with Crippen LogP contribution in [0.4, 0.5) is 0 Å². The summed E-state index contributed by atoms with van der Waals surface area (Å²) in [5.41, 5.74) is 0. The molecule has 0 saturated heterocycles. The zero-order valence-corrected chi connectivity index (χ0v) is 20.5. The number of hydrogen-bond donors (Lipinski definition) is 3. The highest BCUT2D eigenvalue weighted by atomic mass is 16.3. The standard InChI is InChI=1S/C26H54N2O2/c1-3-5-7-9-11-14-18-25(19-15-12-10-8-6-4-2)24-28-26(30)20-16-13-17-21-27-22-23-29/h25,27,29H,3-24H2,1-2H3,(H,28,30). The lowest BCUT2D eigenvalue weighted by Crippen LogP contribution is -2.29. The van der Waals surface area contributed by atoms with E-state index in [0.29, 0.717) is 18.9 Å². The summed E-state index contributed by atoms with van der Waals surface area (Å²) in [4.78, 5) is 12.2. The number of carbonyl (C=O) groups excluding carboxylic acids is 1. The smallest absolute Gasteiger partial charge is 0.220 e. The quantitative estimate of drug-likeness (QED) is 0.157. The molecule has 0 saturated carbocycles. The van der Waals surface area contributed by atoms with Gasteiger partial charge in [0.1, 0.15) is 0 Å². The fourth-order valence-electron chi connectivity index (χ4n) is 4.04. The molecule has 0 aliphatic rings. The fraction of sp³-hybridized carbons (Fsp3) is 0.962. The van der Waals surface area contributed by atoms with Gasteiger partial charge in [0, 0.05) is 19.5 Å². The molecule has 0 aliphatic heterocycles. The highest BCUT2D eigenvalue weighted by molar-refractivity contribution is 5.75. The van der Waals surface area contributed by atoms with Crippen molar-refractivity contribution >= 4 is 5.91 Å². The Bertz CT molecular complexity index is 334. The van der Waals surface area contributed by atoms with Crippen LogP contribution in [0.25, 0.3) is 0 Å². The van der Waals surface area contributed by atoms with Gasteiger partial charge in [-0.05, 0) is 38.1 Å². The number of carbonyl (C=O) groups is 1. The number of hydrogen-bond acceptors (Lipinski definition) is 3. The average molecular weight is 427 g/mol. The summed E-state index contributed by atoms with van der Waals surface area (Å²) in [7, 11) is 0. The second-order valence-corrected chi connectivity index (χ2v) is 9.07. The van der Waals surface area contributed by atoms with Gasteiger partial charge in [-0.3, -0.25) is 4.79 Å². The van der Waals surface area contributed by atoms with Crippen LogP contribution < -0.4 is 10.6 Å². The van der Waals surface area contributed by atoms with Crippen LogP contribution in [0.15, 0.2) is 0 Å². The molecule has 0 bridgehead atoms. The molecule has 0 aromatic carbocycles. The molecule has 0 atom stereocenters. The number of rotatable bonds is 24. The van der Waals surface area contributed by atoms with Crippen molar-refractivity contribution in [3.05, 3.63) is 0 Å². The molecular formula is C26H54N2O2. The van der Waals surface area contributed by atoms with Crippen LogP contribution in [0.3, 0.4) is 0 Å². The normalized spacial score (nSPS) is 11.3. The first-order valence-corrected chi connectivity index (χ1v) is 13.3. The molecule has 3 N–H and O–H groups in total. The molecule has 0 fully saturated rings. The molecule has 0 unspecified atom stereocenters. The molecule has 4 heteroatoms. The molecule has 0 heterocycles. The van der Waals surface area contributed by atoms with E-state index in [9.17, 15) is 4.79 Å². The molecule has 30 heavy (non-hydrogen) atoms. The Labute approximate surface area is 188 Å². The van der Waals surface area contributed by atoms with E-state index in [1.165, 1.54) is 89.9 Å². The van der Waals surface area contributed by atoms with Crippen molar-refractivity contribution in [2.24, 2.45) is 5.92 Å². The monoisotopic (exact) mass is 426 g/mol. The van der Waals surface area contributed by atoms with Gasteiger partial charge < -0.3 is 15.7 Å². The summed E-state index contributed by atoms with van der Waals surface area (Å²) < 4.78 is 0. The van der Waals surface area contributed by atoms with Crippen LogP contribution in [-0.2, 0) is 4.79 Å². The predicted molar refractivity (Wildman–Crippen MR) is 131 cm³/mol. The van der Waals surface area contributed by atoms with E-state index in [1.807, 2.05) is 0 Å². The third-order valence-electron chi connectivity index (χ3n) is 6.07.